The molecule has 1 N–H and O–H groups in total. The summed E-state index contributed by atoms with van der Waals surface area (Å²) in [5, 5.41) is 12.8. The molecule has 0 bridgehead atoms. The molecule has 1 fully saturated rings. The maximum atomic E-state index is 13.4. The fourth-order valence-electron chi connectivity index (χ4n) is 4.24. The highest BCUT2D eigenvalue weighted by atomic mass is 35.5. The predicted octanol–water partition coefficient (Wildman–Crippen LogP) is 3.17. The van der Waals surface area contributed by atoms with E-state index in [4.69, 9.17) is 11.6 Å². The van der Waals surface area contributed by atoms with Crippen LogP contribution in [0, 0.1) is 11.3 Å². The zero-order valence-corrected chi connectivity index (χ0v) is 18.1. The molecule has 0 saturated carbocycles. The van der Waals surface area contributed by atoms with Gasteiger partial charge in [-0.2, -0.15) is 5.26 Å². The second-order valence-electron chi connectivity index (χ2n) is 7.72. The van der Waals surface area contributed by atoms with Gasteiger partial charge < -0.3 is 20.0 Å². The van der Waals surface area contributed by atoms with Crippen molar-refractivity contribution in [2.75, 3.05) is 43.0 Å². The van der Waals surface area contributed by atoms with Crippen LogP contribution in [-0.2, 0) is 4.79 Å². The summed E-state index contributed by atoms with van der Waals surface area (Å²) < 4.78 is 0. The Kier molecular flexibility index (Phi) is 6.12. The SMILES string of the molecule is CN1c2ccc(Cl)cc2C(=O)N(CCNCC(=O)N2CCCC2C#N)c2ccccc21. The largest absolute Gasteiger partial charge is 0.342 e. The lowest BCUT2D eigenvalue weighted by atomic mass is 10.1. The molecule has 2 aliphatic heterocycles. The first-order valence-electron chi connectivity index (χ1n) is 10.3. The van der Waals surface area contributed by atoms with E-state index in [0.29, 0.717) is 30.2 Å². The molecular formula is C23H24ClN5O2. The maximum absolute atomic E-state index is 13.4. The number of likely N-dealkylation sites (tertiary alicyclic amines) is 1. The molecule has 2 amide bonds. The van der Waals surface area contributed by atoms with Crippen molar-refractivity contribution < 1.29 is 9.59 Å². The van der Waals surface area contributed by atoms with Gasteiger partial charge in [0.25, 0.3) is 5.91 Å². The number of hydrogen-bond donors (Lipinski definition) is 1. The molecule has 1 atom stereocenters. The van der Waals surface area contributed by atoms with E-state index in [1.807, 2.05) is 42.3 Å². The number of carbonyl (C=O) groups excluding carboxylic acids is 2. The van der Waals surface area contributed by atoms with Gasteiger partial charge in [0.05, 0.1) is 35.2 Å². The first-order valence-corrected chi connectivity index (χ1v) is 10.7. The Hall–Kier alpha value is -3.08. The molecule has 31 heavy (non-hydrogen) atoms. The molecule has 1 unspecified atom stereocenters. The zero-order valence-electron chi connectivity index (χ0n) is 17.3. The number of nitrogens with zero attached hydrogens (tertiary/aromatic N) is 4. The molecule has 0 spiro atoms. The Balaban J connectivity index is 1.49. The van der Waals surface area contributed by atoms with E-state index in [2.05, 4.69) is 11.4 Å². The Labute approximate surface area is 186 Å². The summed E-state index contributed by atoms with van der Waals surface area (Å²) in [6.07, 6.45) is 1.59. The first kappa shape index (κ1) is 21.2. The van der Waals surface area contributed by atoms with Gasteiger partial charge in [0, 0.05) is 31.7 Å². The van der Waals surface area contributed by atoms with E-state index < -0.39 is 0 Å². The van der Waals surface area contributed by atoms with Crippen molar-refractivity contribution >= 4 is 40.5 Å². The van der Waals surface area contributed by atoms with Gasteiger partial charge in [0.1, 0.15) is 6.04 Å². The number of nitriles is 1. The Morgan fingerprint density at radius 1 is 1.23 bits per heavy atom. The average Bonchev–Trinajstić information content (AvgIpc) is 3.24. The summed E-state index contributed by atoms with van der Waals surface area (Å²) >= 11 is 6.18. The smallest absolute Gasteiger partial charge is 0.260 e. The summed E-state index contributed by atoms with van der Waals surface area (Å²) in [5.74, 6) is -0.213. The van der Waals surface area contributed by atoms with Crippen molar-refractivity contribution in [1.29, 1.82) is 5.26 Å². The highest BCUT2D eigenvalue weighted by Gasteiger charge is 2.30. The van der Waals surface area contributed by atoms with Crippen molar-refractivity contribution in [3.05, 3.63) is 53.1 Å². The van der Waals surface area contributed by atoms with Crippen LogP contribution in [-0.4, -0.2) is 56.0 Å². The van der Waals surface area contributed by atoms with Crippen molar-refractivity contribution in [2.45, 2.75) is 18.9 Å². The molecular weight excluding hydrogens is 414 g/mol. The Bertz CT molecular complexity index is 1050. The number of benzene rings is 2. The number of anilines is 3. The van der Waals surface area contributed by atoms with Gasteiger partial charge in [-0.3, -0.25) is 9.59 Å². The molecule has 2 heterocycles. The van der Waals surface area contributed by atoms with Crippen LogP contribution in [0.1, 0.15) is 23.2 Å². The Morgan fingerprint density at radius 2 is 2.00 bits per heavy atom. The fraction of sp³-hybridized carbons (Fsp3) is 0.348. The van der Waals surface area contributed by atoms with Gasteiger partial charge in [-0.15, -0.1) is 0 Å². The van der Waals surface area contributed by atoms with Crippen molar-refractivity contribution in [2.24, 2.45) is 0 Å². The number of rotatable bonds is 5. The molecule has 2 aromatic carbocycles. The van der Waals surface area contributed by atoms with Crippen LogP contribution in [0.2, 0.25) is 5.02 Å². The van der Waals surface area contributed by atoms with Crippen molar-refractivity contribution in [3.63, 3.8) is 0 Å². The molecule has 2 aliphatic rings. The number of fused-ring (bicyclic) bond motifs is 2. The lowest BCUT2D eigenvalue weighted by Crippen LogP contribution is -2.43. The van der Waals surface area contributed by atoms with Crippen molar-refractivity contribution in [1.82, 2.24) is 10.2 Å². The van der Waals surface area contributed by atoms with Gasteiger partial charge in [-0.1, -0.05) is 23.7 Å². The quantitative estimate of drug-likeness (QED) is 0.727. The fourth-order valence-corrected chi connectivity index (χ4v) is 4.41. The van der Waals surface area contributed by atoms with Crippen LogP contribution in [0.15, 0.2) is 42.5 Å². The number of halogens is 1. The average molecular weight is 438 g/mol. The van der Waals surface area contributed by atoms with E-state index in [1.165, 1.54) is 0 Å². The zero-order chi connectivity index (χ0) is 22.0. The minimum Gasteiger partial charge on any atom is -0.342 e. The standard InChI is InChI=1S/C23H24ClN5O2/c1-27-19-9-8-16(24)13-18(19)23(31)29(21-7-3-2-6-20(21)27)12-10-26-15-22(30)28-11-4-5-17(28)14-25/h2-3,6-9,13,17,26H,4-5,10-12,15H2,1H3. The molecule has 160 valence electrons. The minimum atomic E-state index is -0.329. The first-order chi connectivity index (χ1) is 15.0. The van der Waals surface area contributed by atoms with Gasteiger partial charge in [0.15, 0.2) is 0 Å². The van der Waals surface area contributed by atoms with E-state index in [9.17, 15) is 14.9 Å². The van der Waals surface area contributed by atoms with E-state index in [0.717, 1.165) is 29.9 Å². The summed E-state index contributed by atoms with van der Waals surface area (Å²) in [6.45, 7) is 1.60. The van der Waals surface area contributed by atoms with Gasteiger partial charge in [0.2, 0.25) is 5.91 Å². The molecule has 7 nitrogen and oxygen atoms in total. The van der Waals surface area contributed by atoms with Crippen LogP contribution in [0.3, 0.4) is 0 Å². The number of carbonyl (C=O) groups is 2. The topological polar surface area (TPSA) is 79.7 Å². The molecule has 2 aromatic rings. The molecule has 0 aliphatic carbocycles. The van der Waals surface area contributed by atoms with Crippen LogP contribution < -0.4 is 15.1 Å². The van der Waals surface area contributed by atoms with Crippen molar-refractivity contribution in [3.8, 4) is 6.07 Å². The normalized spacial score (nSPS) is 17.8. The third kappa shape index (κ3) is 4.09. The second kappa shape index (κ2) is 8.96. The molecule has 1 saturated heterocycles. The number of hydrogen-bond acceptors (Lipinski definition) is 5. The van der Waals surface area contributed by atoms with E-state index in [1.54, 1.807) is 21.9 Å². The highest BCUT2D eigenvalue weighted by Crippen LogP contribution is 2.40. The van der Waals surface area contributed by atoms with Crippen LogP contribution >= 0.6 is 11.6 Å². The highest BCUT2D eigenvalue weighted by molar-refractivity contribution is 6.31. The monoisotopic (exact) mass is 437 g/mol. The van der Waals surface area contributed by atoms with Crippen LogP contribution in [0.4, 0.5) is 17.1 Å². The second-order valence-corrected chi connectivity index (χ2v) is 8.15. The van der Waals surface area contributed by atoms with Crippen LogP contribution in [0.25, 0.3) is 0 Å². The predicted molar refractivity (Wildman–Crippen MR) is 121 cm³/mol. The minimum absolute atomic E-state index is 0.0801. The third-order valence-electron chi connectivity index (χ3n) is 5.84. The van der Waals surface area contributed by atoms with Crippen LogP contribution in [0.5, 0.6) is 0 Å². The molecule has 0 radical (unpaired) electrons. The Morgan fingerprint density at radius 3 is 2.77 bits per heavy atom. The summed E-state index contributed by atoms with van der Waals surface area (Å²) in [4.78, 5) is 31.2. The molecule has 0 aromatic heterocycles. The third-order valence-corrected chi connectivity index (χ3v) is 6.08. The number of para-hydroxylation sites is 2. The summed E-state index contributed by atoms with van der Waals surface area (Å²) in [6, 6.07) is 14.9. The molecule has 4 rings (SSSR count). The summed E-state index contributed by atoms with van der Waals surface area (Å²) in [5.41, 5.74) is 3.06. The van der Waals surface area contributed by atoms with Gasteiger partial charge in [-0.05, 0) is 43.2 Å². The summed E-state index contributed by atoms with van der Waals surface area (Å²) in [7, 11) is 1.93. The number of nitrogens with one attached hydrogen (secondary N) is 1. The number of amides is 2. The maximum Gasteiger partial charge on any atom is 0.260 e. The van der Waals surface area contributed by atoms with Gasteiger partial charge >= 0.3 is 0 Å². The molecule has 8 heteroatoms. The lowest BCUT2D eigenvalue weighted by molar-refractivity contribution is -0.130. The van der Waals surface area contributed by atoms with Gasteiger partial charge in [-0.25, -0.2) is 0 Å². The van der Waals surface area contributed by atoms with E-state index in [-0.39, 0.29) is 24.4 Å². The lowest BCUT2D eigenvalue weighted by Gasteiger charge is -2.25. The van der Waals surface area contributed by atoms with E-state index >= 15 is 0 Å².